The van der Waals surface area contributed by atoms with Gasteiger partial charge in [0.25, 0.3) is 0 Å². The van der Waals surface area contributed by atoms with Crippen molar-refractivity contribution < 1.29 is 9.53 Å². The van der Waals surface area contributed by atoms with Crippen LogP contribution in [0, 0.1) is 6.92 Å². The van der Waals surface area contributed by atoms with Gasteiger partial charge in [-0.3, -0.25) is 4.68 Å². The molecule has 3 rings (SSSR count). The Hall–Kier alpha value is -2.69. The Morgan fingerprint density at radius 2 is 2.00 bits per heavy atom. The minimum Gasteiger partial charge on any atom is -0.402 e. The zero-order valence-electron chi connectivity index (χ0n) is 11.2. The number of nitrogens with zero attached hydrogens (tertiary/aromatic N) is 3. The summed E-state index contributed by atoms with van der Waals surface area (Å²) in [5, 5.41) is 4.04. The smallest absolute Gasteiger partial charge is 0.363 e. The first-order valence-corrected chi connectivity index (χ1v) is 6.20. The second-order valence-corrected chi connectivity index (χ2v) is 4.65. The van der Waals surface area contributed by atoms with Gasteiger partial charge < -0.3 is 4.74 Å². The molecule has 0 fully saturated rings. The first kappa shape index (κ1) is 12.3. The van der Waals surface area contributed by atoms with Crippen LogP contribution in [0.2, 0.25) is 0 Å². The van der Waals surface area contributed by atoms with E-state index in [2.05, 4.69) is 10.1 Å². The SMILES string of the molecule is Cc1ccc(C2=NC(=Cc3cnn(C)c3)C(=O)O2)cc1. The van der Waals surface area contributed by atoms with E-state index in [0.29, 0.717) is 5.90 Å². The summed E-state index contributed by atoms with van der Waals surface area (Å²) in [6.07, 6.45) is 5.13. The third kappa shape index (κ3) is 2.38. The predicted octanol–water partition coefficient (Wildman–Crippen LogP) is 2.07. The molecular formula is C15H13N3O2. The number of ether oxygens (including phenoxy) is 1. The van der Waals surface area contributed by atoms with Gasteiger partial charge in [-0.1, -0.05) is 17.7 Å². The maximum atomic E-state index is 11.8. The summed E-state index contributed by atoms with van der Waals surface area (Å²) in [6.45, 7) is 2.00. The molecule has 0 aliphatic carbocycles. The third-order valence-electron chi connectivity index (χ3n) is 2.95. The van der Waals surface area contributed by atoms with Crippen molar-refractivity contribution in [3.8, 4) is 0 Å². The number of carbonyl (C=O) groups excluding carboxylic acids is 1. The Labute approximate surface area is 116 Å². The monoisotopic (exact) mass is 267 g/mol. The van der Waals surface area contributed by atoms with E-state index >= 15 is 0 Å². The van der Waals surface area contributed by atoms with Crippen molar-refractivity contribution in [2.24, 2.45) is 12.0 Å². The van der Waals surface area contributed by atoms with Crippen LogP contribution >= 0.6 is 0 Å². The molecule has 2 aromatic rings. The Balaban J connectivity index is 1.92. The van der Waals surface area contributed by atoms with Crippen molar-refractivity contribution in [1.82, 2.24) is 9.78 Å². The molecule has 0 bridgehead atoms. The predicted molar refractivity (Wildman–Crippen MR) is 75.0 cm³/mol. The molecule has 1 aliphatic rings. The molecule has 0 spiro atoms. The molecule has 0 radical (unpaired) electrons. The van der Waals surface area contributed by atoms with Crippen molar-refractivity contribution in [3.63, 3.8) is 0 Å². The van der Waals surface area contributed by atoms with E-state index in [0.717, 1.165) is 16.7 Å². The molecule has 0 atom stereocenters. The number of esters is 1. The number of aryl methyl sites for hydroxylation is 2. The quantitative estimate of drug-likeness (QED) is 0.618. The highest BCUT2D eigenvalue weighted by atomic mass is 16.6. The molecule has 2 heterocycles. The molecule has 1 aromatic heterocycles. The fourth-order valence-corrected chi connectivity index (χ4v) is 1.90. The van der Waals surface area contributed by atoms with Gasteiger partial charge in [0.05, 0.1) is 6.20 Å². The fourth-order valence-electron chi connectivity index (χ4n) is 1.90. The molecule has 0 unspecified atom stereocenters. The van der Waals surface area contributed by atoms with Crippen LogP contribution in [0.5, 0.6) is 0 Å². The molecule has 0 N–H and O–H groups in total. The fraction of sp³-hybridized carbons (Fsp3) is 0.133. The van der Waals surface area contributed by atoms with E-state index in [1.54, 1.807) is 23.2 Å². The average Bonchev–Trinajstić information content (AvgIpc) is 2.98. The normalized spacial score (nSPS) is 16.4. The van der Waals surface area contributed by atoms with E-state index in [4.69, 9.17) is 4.74 Å². The summed E-state index contributed by atoms with van der Waals surface area (Å²) >= 11 is 0. The van der Waals surface area contributed by atoms with Gasteiger partial charge in [0.2, 0.25) is 5.90 Å². The number of benzene rings is 1. The Kier molecular flexibility index (Phi) is 2.95. The number of cyclic esters (lactones) is 1. The Morgan fingerprint density at radius 3 is 2.65 bits per heavy atom. The zero-order chi connectivity index (χ0) is 14.1. The first-order chi connectivity index (χ1) is 9.61. The van der Waals surface area contributed by atoms with Crippen LogP contribution in [0.1, 0.15) is 16.7 Å². The van der Waals surface area contributed by atoms with Crippen molar-refractivity contribution in [2.45, 2.75) is 6.92 Å². The third-order valence-corrected chi connectivity index (χ3v) is 2.95. The second kappa shape index (κ2) is 4.77. The van der Waals surface area contributed by atoms with Gasteiger partial charge in [0.1, 0.15) is 0 Å². The van der Waals surface area contributed by atoms with Crippen LogP contribution in [0.3, 0.4) is 0 Å². The Morgan fingerprint density at radius 1 is 1.25 bits per heavy atom. The van der Waals surface area contributed by atoms with Gasteiger partial charge in [-0.25, -0.2) is 9.79 Å². The molecule has 1 aliphatic heterocycles. The van der Waals surface area contributed by atoms with Gasteiger partial charge in [0.15, 0.2) is 5.70 Å². The topological polar surface area (TPSA) is 56.5 Å². The van der Waals surface area contributed by atoms with Gasteiger partial charge >= 0.3 is 5.97 Å². The molecular weight excluding hydrogens is 254 g/mol. The highest BCUT2D eigenvalue weighted by molar-refractivity contribution is 6.12. The maximum Gasteiger partial charge on any atom is 0.363 e. The van der Waals surface area contributed by atoms with E-state index < -0.39 is 5.97 Å². The van der Waals surface area contributed by atoms with Crippen molar-refractivity contribution >= 4 is 17.9 Å². The molecule has 5 heteroatoms. The summed E-state index contributed by atoms with van der Waals surface area (Å²) in [4.78, 5) is 16.0. The average molecular weight is 267 g/mol. The number of carbonyl (C=O) groups is 1. The summed E-state index contributed by atoms with van der Waals surface area (Å²) in [7, 11) is 1.82. The second-order valence-electron chi connectivity index (χ2n) is 4.65. The van der Waals surface area contributed by atoms with Crippen molar-refractivity contribution in [2.75, 3.05) is 0 Å². The first-order valence-electron chi connectivity index (χ1n) is 6.20. The summed E-state index contributed by atoms with van der Waals surface area (Å²) in [5.74, 6) is -0.102. The molecule has 0 saturated heterocycles. The van der Waals surface area contributed by atoms with E-state index in [1.807, 2.05) is 38.2 Å². The lowest BCUT2D eigenvalue weighted by atomic mass is 10.1. The lowest BCUT2D eigenvalue weighted by Gasteiger charge is -1.99. The summed E-state index contributed by atoms with van der Waals surface area (Å²) in [6, 6.07) is 7.67. The Bertz CT molecular complexity index is 724. The van der Waals surface area contributed by atoms with E-state index in [1.165, 1.54) is 0 Å². The van der Waals surface area contributed by atoms with E-state index in [9.17, 15) is 4.79 Å². The maximum absolute atomic E-state index is 11.8. The van der Waals surface area contributed by atoms with Crippen LogP contribution in [0.4, 0.5) is 0 Å². The van der Waals surface area contributed by atoms with Crippen molar-refractivity contribution in [1.29, 1.82) is 0 Å². The highest BCUT2D eigenvalue weighted by Gasteiger charge is 2.24. The lowest BCUT2D eigenvalue weighted by molar-refractivity contribution is -0.129. The van der Waals surface area contributed by atoms with Crippen LogP contribution in [-0.4, -0.2) is 21.6 Å². The number of rotatable bonds is 2. The number of aromatic nitrogens is 2. The molecule has 1 aromatic carbocycles. The molecule has 0 amide bonds. The summed E-state index contributed by atoms with van der Waals surface area (Å²) < 4.78 is 6.86. The largest absolute Gasteiger partial charge is 0.402 e. The van der Waals surface area contributed by atoms with Crippen LogP contribution in [0.15, 0.2) is 47.3 Å². The number of hydrogen-bond acceptors (Lipinski definition) is 4. The van der Waals surface area contributed by atoms with Gasteiger partial charge in [0, 0.05) is 24.4 Å². The van der Waals surface area contributed by atoms with Gasteiger partial charge in [-0.2, -0.15) is 5.10 Å². The molecule has 100 valence electrons. The van der Waals surface area contributed by atoms with Crippen LogP contribution in [0.25, 0.3) is 6.08 Å². The van der Waals surface area contributed by atoms with Crippen LogP contribution in [-0.2, 0) is 16.6 Å². The highest BCUT2D eigenvalue weighted by Crippen LogP contribution is 2.19. The minimum atomic E-state index is -0.440. The standard InChI is InChI=1S/C15H13N3O2/c1-10-3-5-12(6-4-10)14-17-13(15(19)20-14)7-11-8-16-18(2)9-11/h3-9H,1-2H3. The molecule has 5 nitrogen and oxygen atoms in total. The number of hydrogen-bond donors (Lipinski definition) is 0. The molecule has 20 heavy (non-hydrogen) atoms. The molecule has 0 saturated carbocycles. The number of aliphatic imine (C=N–C) groups is 1. The lowest BCUT2D eigenvalue weighted by Crippen LogP contribution is -2.05. The minimum absolute atomic E-state index is 0.286. The summed E-state index contributed by atoms with van der Waals surface area (Å²) in [5.41, 5.74) is 3.03. The van der Waals surface area contributed by atoms with E-state index in [-0.39, 0.29) is 5.70 Å². The van der Waals surface area contributed by atoms with Gasteiger partial charge in [-0.05, 0) is 25.1 Å². The van der Waals surface area contributed by atoms with Gasteiger partial charge in [-0.15, -0.1) is 0 Å². The van der Waals surface area contributed by atoms with Crippen molar-refractivity contribution in [3.05, 3.63) is 59.0 Å². The van der Waals surface area contributed by atoms with Crippen LogP contribution < -0.4 is 0 Å². The zero-order valence-corrected chi connectivity index (χ0v) is 11.2.